The lowest BCUT2D eigenvalue weighted by Crippen LogP contribution is -2.19. The first-order valence-corrected chi connectivity index (χ1v) is 10.2. The second-order valence-electron chi connectivity index (χ2n) is 6.16. The Kier molecular flexibility index (Phi) is 5.13. The van der Waals surface area contributed by atoms with E-state index in [2.05, 4.69) is 9.82 Å². The van der Waals surface area contributed by atoms with Gasteiger partial charge >= 0.3 is 0 Å². The van der Waals surface area contributed by atoms with Gasteiger partial charge in [0, 0.05) is 36.1 Å². The predicted molar refractivity (Wildman–Crippen MR) is 102 cm³/mol. The predicted octanol–water partition coefficient (Wildman–Crippen LogP) is 2.62. The molecule has 0 amide bonds. The van der Waals surface area contributed by atoms with E-state index in [1.165, 1.54) is 24.4 Å². The number of hydrogen-bond donors (Lipinski definition) is 1. The van der Waals surface area contributed by atoms with Crippen molar-refractivity contribution in [2.75, 3.05) is 11.0 Å². The third-order valence-electron chi connectivity index (χ3n) is 3.86. The van der Waals surface area contributed by atoms with E-state index in [1.54, 1.807) is 27.7 Å². The van der Waals surface area contributed by atoms with Crippen molar-refractivity contribution in [1.29, 1.82) is 0 Å². The van der Waals surface area contributed by atoms with Crippen molar-refractivity contribution < 1.29 is 12.8 Å². The Morgan fingerprint density at radius 1 is 1.19 bits per heavy atom. The molecule has 9 heteroatoms. The maximum atomic E-state index is 14.4. The molecule has 0 saturated carbocycles. The van der Waals surface area contributed by atoms with Crippen molar-refractivity contribution in [2.24, 2.45) is 0 Å². The minimum Gasteiger partial charge on any atom is -0.313 e. The number of anilines is 1. The smallest absolute Gasteiger partial charge is 0.250 e. The number of rotatable bonds is 6. The molecule has 0 aliphatic carbocycles. The van der Waals surface area contributed by atoms with Crippen LogP contribution in [-0.4, -0.2) is 29.0 Å². The molecule has 0 bridgehead atoms. The number of aryl methyl sites for hydroxylation is 1. The zero-order valence-electron chi connectivity index (χ0n) is 14.9. The van der Waals surface area contributed by atoms with Crippen LogP contribution in [0.3, 0.4) is 0 Å². The summed E-state index contributed by atoms with van der Waals surface area (Å²) in [5.74, 6) is -0.570. The second-order valence-corrected chi connectivity index (χ2v) is 7.91. The highest BCUT2D eigenvalue weighted by molar-refractivity contribution is 7.92. The van der Waals surface area contributed by atoms with Gasteiger partial charge in [0.1, 0.15) is 5.82 Å². The van der Waals surface area contributed by atoms with E-state index in [0.717, 1.165) is 18.7 Å². The summed E-state index contributed by atoms with van der Waals surface area (Å²) in [6.07, 6.45) is 6.70. The second kappa shape index (κ2) is 7.36. The fourth-order valence-electron chi connectivity index (χ4n) is 2.70. The zero-order valence-corrected chi connectivity index (χ0v) is 15.7. The van der Waals surface area contributed by atoms with Crippen LogP contribution < -0.4 is 10.3 Å². The van der Waals surface area contributed by atoms with Gasteiger partial charge in [-0.3, -0.25) is 9.52 Å². The molecule has 142 valence electrons. The monoisotopic (exact) mass is 390 g/mol. The van der Waals surface area contributed by atoms with Crippen molar-refractivity contribution in [3.05, 3.63) is 65.1 Å². The summed E-state index contributed by atoms with van der Waals surface area (Å²) < 4.78 is 42.3. The third kappa shape index (κ3) is 4.43. The van der Waals surface area contributed by atoms with Crippen LogP contribution in [0.2, 0.25) is 0 Å². The molecule has 0 atom stereocenters. The van der Waals surface area contributed by atoms with E-state index >= 15 is 0 Å². The average molecular weight is 390 g/mol. The number of aromatic nitrogens is 3. The lowest BCUT2D eigenvalue weighted by molar-refractivity contribution is 0.606. The number of nitrogens with one attached hydrogen (secondary N) is 1. The van der Waals surface area contributed by atoms with Crippen molar-refractivity contribution in [3.63, 3.8) is 0 Å². The minimum atomic E-state index is -3.48. The van der Waals surface area contributed by atoms with E-state index in [4.69, 9.17) is 0 Å². The summed E-state index contributed by atoms with van der Waals surface area (Å²) in [5, 5.41) is 4.24. The third-order valence-corrected chi connectivity index (χ3v) is 4.47. The van der Waals surface area contributed by atoms with E-state index in [9.17, 15) is 17.6 Å². The van der Waals surface area contributed by atoms with Gasteiger partial charge in [-0.1, -0.05) is 6.92 Å². The molecule has 7 nitrogen and oxygen atoms in total. The van der Waals surface area contributed by atoms with Crippen LogP contribution in [0.4, 0.5) is 10.1 Å². The molecule has 3 rings (SSSR count). The molecule has 1 N–H and O–H groups in total. The molecule has 27 heavy (non-hydrogen) atoms. The summed E-state index contributed by atoms with van der Waals surface area (Å²) in [7, 11) is -3.48. The summed E-state index contributed by atoms with van der Waals surface area (Å²) in [5.41, 5.74) is 1.57. The molecule has 0 radical (unpaired) electrons. The maximum absolute atomic E-state index is 14.4. The quantitative estimate of drug-likeness (QED) is 0.701. The van der Waals surface area contributed by atoms with E-state index in [1.807, 2.05) is 6.92 Å². The first kappa shape index (κ1) is 18.8. The highest BCUT2D eigenvalue weighted by Crippen LogP contribution is 2.26. The topological polar surface area (TPSA) is 86.0 Å². The fourth-order valence-corrected chi connectivity index (χ4v) is 3.25. The Balaban J connectivity index is 1.92. The number of pyridine rings is 1. The first-order chi connectivity index (χ1) is 12.8. The highest BCUT2D eigenvalue weighted by atomic mass is 32.2. The van der Waals surface area contributed by atoms with Crippen molar-refractivity contribution in [3.8, 4) is 16.8 Å². The summed E-state index contributed by atoms with van der Waals surface area (Å²) in [6, 6.07) is 7.22. The van der Waals surface area contributed by atoms with Gasteiger partial charge in [0.15, 0.2) is 0 Å². The molecule has 0 saturated heterocycles. The summed E-state index contributed by atoms with van der Waals surface area (Å²) in [4.78, 5) is 11.8. The molecule has 0 spiro atoms. The largest absolute Gasteiger partial charge is 0.313 e. The molecule has 1 aromatic carbocycles. The van der Waals surface area contributed by atoms with E-state index < -0.39 is 15.8 Å². The summed E-state index contributed by atoms with van der Waals surface area (Å²) in [6.45, 7) is 2.58. The Hall–Kier alpha value is -2.94. The molecular formula is C18H19FN4O3S. The number of hydrogen-bond acceptors (Lipinski definition) is 4. The van der Waals surface area contributed by atoms with E-state index in [0.29, 0.717) is 23.4 Å². The van der Waals surface area contributed by atoms with Gasteiger partial charge in [0.25, 0.3) is 5.56 Å². The lowest BCUT2D eigenvalue weighted by atomic mass is 10.1. The number of sulfonamides is 1. The van der Waals surface area contributed by atoms with Gasteiger partial charge in [0.2, 0.25) is 10.0 Å². The van der Waals surface area contributed by atoms with Crippen LogP contribution in [0.25, 0.3) is 16.8 Å². The molecule has 2 aromatic heterocycles. The van der Waals surface area contributed by atoms with Crippen molar-refractivity contribution >= 4 is 15.7 Å². The lowest BCUT2D eigenvalue weighted by Gasteiger charge is -2.07. The standard InChI is InChI=1S/C18H19FN4O3S/c1-3-8-22-12-15(5-7-18(22)24)23-11-13(10-20-23)16-6-4-14(9-17(16)19)21-27(2,25)26/h4-7,9-12,21H,3,8H2,1-2H3. The van der Waals surface area contributed by atoms with Gasteiger partial charge in [-0.2, -0.15) is 5.10 Å². The zero-order chi connectivity index (χ0) is 19.6. The number of benzene rings is 1. The van der Waals surface area contributed by atoms with Gasteiger partial charge in [-0.25, -0.2) is 17.5 Å². The van der Waals surface area contributed by atoms with Gasteiger partial charge in [0.05, 0.1) is 23.8 Å². The number of halogens is 1. The van der Waals surface area contributed by atoms with Crippen molar-refractivity contribution in [1.82, 2.24) is 14.3 Å². The molecule has 0 fully saturated rings. The fraction of sp³-hybridized carbons (Fsp3) is 0.222. The molecule has 0 aliphatic heterocycles. The first-order valence-electron chi connectivity index (χ1n) is 8.30. The van der Waals surface area contributed by atoms with Crippen LogP contribution in [0.5, 0.6) is 0 Å². The van der Waals surface area contributed by atoms with Crippen LogP contribution in [0.1, 0.15) is 13.3 Å². The molecular weight excluding hydrogens is 371 g/mol. The van der Waals surface area contributed by atoms with Crippen molar-refractivity contribution in [2.45, 2.75) is 19.9 Å². The van der Waals surface area contributed by atoms with Crippen LogP contribution in [0, 0.1) is 5.82 Å². The molecule has 0 aliphatic rings. The van der Waals surface area contributed by atoms with Crippen LogP contribution >= 0.6 is 0 Å². The Morgan fingerprint density at radius 2 is 1.96 bits per heavy atom. The molecule has 2 heterocycles. The maximum Gasteiger partial charge on any atom is 0.250 e. The normalized spacial score (nSPS) is 11.5. The minimum absolute atomic E-state index is 0.0898. The highest BCUT2D eigenvalue weighted by Gasteiger charge is 2.11. The summed E-state index contributed by atoms with van der Waals surface area (Å²) >= 11 is 0. The van der Waals surface area contributed by atoms with Crippen LogP contribution in [0.15, 0.2) is 53.7 Å². The molecule has 3 aromatic rings. The van der Waals surface area contributed by atoms with Gasteiger partial charge in [-0.05, 0) is 30.7 Å². The molecule has 0 unspecified atom stereocenters. The average Bonchev–Trinajstić information content (AvgIpc) is 3.05. The number of nitrogens with zero attached hydrogens (tertiary/aromatic N) is 3. The van der Waals surface area contributed by atoms with Crippen LogP contribution in [-0.2, 0) is 16.6 Å². The van der Waals surface area contributed by atoms with E-state index in [-0.39, 0.29) is 11.2 Å². The SMILES string of the molecule is CCCn1cc(-n2cc(-c3ccc(NS(C)(=O)=O)cc3F)cn2)ccc1=O. The van der Waals surface area contributed by atoms with Gasteiger partial charge in [-0.15, -0.1) is 0 Å². The Bertz CT molecular complexity index is 1140. The Labute approximate surface area is 156 Å². The van der Waals surface area contributed by atoms with Gasteiger partial charge < -0.3 is 4.57 Å². The Morgan fingerprint density at radius 3 is 2.63 bits per heavy atom.